The van der Waals surface area contributed by atoms with Gasteiger partial charge >= 0.3 is 164 Å². The molecule has 0 aromatic heterocycles. The van der Waals surface area contributed by atoms with Gasteiger partial charge in [0.05, 0.1) is 0 Å². The number of carbonyl (C=O) groups is 2. The fraction of sp³-hybridized carbons (Fsp3) is 0.900. The fourth-order valence-electron chi connectivity index (χ4n) is 3.44. The normalized spacial score (nSPS) is 19.7. The number of unbranched alkanes of at least 4 members (excludes halogenated alkanes) is 10. The number of aliphatic hydroxyl groups excluding tert-OH is 1. The van der Waals surface area contributed by atoms with Gasteiger partial charge < -0.3 is 0 Å². The molecule has 1 heterocycles. The van der Waals surface area contributed by atoms with E-state index in [1.807, 2.05) is 0 Å². The van der Waals surface area contributed by atoms with Crippen LogP contribution in [0.5, 0.6) is 0 Å². The second-order valence-electron chi connectivity index (χ2n) is 7.56. The Labute approximate surface area is 164 Å². The number of rotatable bonds is 14. The van der Waals surface area contributed by atoms with Crippen LogP contribution in [0.4, 0.5) is 0 Å². The summed E-state index contributed by atoms with van der Waals surface area (Å²) in [6.45, 7) is 4.39. The minimum atomic E-state index is -3.78. The van der Waals surface area contributed by atoms with Crippen LogP contribution in [0.3, 0.4) is 0 Å². The van der Waals surface area contributed by atoms with Gasteiger partial charge in [-0.05, 0) is 0 Å². The predicted octanol–water partition coefficient (Wildman–Crippen LogP) is 5.00. The zero-order valence-corrected chi connectivity index (χ0v) is 19.6. The number of carbonyl (C=O) groups excluding carboxylic acids is 2. The van der Waals surface area contributed by atoms with E-state index in [-0.39, 0.29) is 6.42 Å². The molecular formula is C20H38O5Sn. The topological polar surface area (TPSA) is 72.8 Å². The van der Waals surface area contributed by atoms with Crippen LogP contribution >= 0.6 is 0 Å². The second kappa shape index (κ2) is 13.8. The summed E-state index contributed by atoms with van der Waals surface area (Å²) >= 11 is -3.78. The second-order valence-corrected chi connectivity index (χ2v) is 16.8. The standard InChI is InChI=1S/2C8H17.C4H6O5.Sn/c2*1-3-5-7-8-6-4-2;5-2(4(8)9)1-3(6)7;/h2*1,3-8H2,2H3;2,5H,1H2,(H,6,7)(H,8,9);/q;;;+2/p-2. The first-order chi connectivity index (χ1) is 12.5. The van der Waals surface area contributed by atoms with Gasteiger partial charge in [0.15, 0.2) is 0 Å². The van der Waals surface area contributed by atoms with Crippen molar-refractivity contribution in [2.75, 3.05) is 0 Å². The Morgan fingerprint density at radius 2 is 1.27 bits per heavy atom. The molecule has 1 aliphatic heterocycles. The molecule has 1 N–H and O–H groups in total. The van der Waals surface area contributed by atoms with Gasteiger partial charge in [-0.2, -0.15) is 0 Å². The van der Waals surface area contributed by atoms with Gasteiger partial charge in [-0.15, -0.1) is 0 Å². The Hall–Kier alpha value is -0.301. The zero-order chi connectivity index (χ0) is 19.3. The van der Waals surface area contributed by atoms with E-state index in [1.54, 1.807) is 0 Å². The van der Waals surface area contributed by atoms with E-state index in [9.17, 15) is 14.7 Å². The molecule has 0 aromatic carbocycles. The van der Waals surface area contributed by atoms with Crippen molar-refractivity contribution in [1.82, 2.24) is 0 Å². The molecule has 152 valence electrons. The Kier molecular flexibility index (Phi) is 12.6. The molecule has 0 aromatic rings. The van der Waals surface area contributed by atoms with Crippen LogP contribution < -0.4 is 0 Å². The van der Waals surface area contributed by atoms with Crippen molar-refractivity contribution in [3.8, 4) is 0 Å². The van der Waals surface area contributed by atoms with Crippen LogP contribution in [0.25, 0.3) is 0 Å². The molecule has 0 saturated carbocycles. The molecule has 6 heteroatoms. The van der Waals surface area contributed by atoms with E-state index in [0.29, 0.717) is 0 Å². The molecule has 1 fully saturated rings. The van der Waals surface area contributed by atoms with Crippen molar-refractivity contribution in [3.05, 3.63) is 0 Å². The molecule has 1 atom stereocenters. The first-order valence-corrected chi connectivity index (χ1v) is 17.0. The van der Waals surface area contributed by atoms with E-state index in [4.69, 9.17) is 6.15 Å². The summed E-state index contributed by atoms with van der Waals surface area (Å²) in [6.07, 6.45) is 12.2. The van der Waals surface area contributed by atoms with Gasteiger partial charge in [0, 0.05) is 0 Å². The summed E-state index contributed by atoms with van der Waals surface area (Å²) < 4.78 is 13.0. The van der Waals surface area contributed by atoms with Crippen molar-refractivity contribution >= 4 is 31.1 Å². The molecule has 0 spiro atoms. The van der Waals surface area contributed by atoms with Gasteiger partial charge in [0.25, 0.3) is 0 Å². The third-order valence-electron chi connectivity index (χ3n) is 5.04. The molecule has 1 saturated heterocycles. The first-order valence-electron chi connectivity index (χ1n) is 10.7. The molecule has 0 radical (unpaired) electrons. The number of hydrogen-bond acceptors (Lipinski definition) is 5. The molecule has 0 bridgehead atoms. The van der Waals surface area contributed by atoms with Crippen molar-refractivity contribution in [1.29, 1.82) is 0 Å². The third-order valence-corrected chi connectivity index (χ3v) is 14.8. The molecule has 26 heavy (non-hydrogen) atoms. The maximum atomic E-state index is 12.1. The zero-order valence-electron chi connectivity index (χ0n) is 16.8. The van der Waals surface area contributed by atoms with Gasteiger partial charge in [-0.25, -0.2) is 0 Å². The van der Waals surface area contributed by atoms with E-state index in [2.05, 4.69) is 13.8 Å². The fourth-order valence-corrected chi connectivity index (χ4v) is 12.8. The molecule has 0 amide bonds. The average molecular weight is 477 g/mol. The number of aliphatic hydroxyl groups is 1. The van der Waals surface area contributed by atoms with Gasteiger partial charge in [-0.3, -0.25) is 0 Å². The van der Waals surface area contributed by atoms with Crippen LogP contribution in [-0.4, -0.2) is 42.4 Å². The van der Waals surface area contributed by atoms with Crippen LogP contribution in [0.15, 0.2) is 0 Å². The van der Waals surface area contributed by atoms with E-state index in [1.165, 1.54) is 51.4 Å². The summed E-state index contributed by atoms with van der Waals surface area (Å²) in [5.74, 6) is -1.08. The van der Waals surface area contributed by atoms with E-state index in [0.717, 1.165) is 34.6 Å². The first kappa shape index (κ1) is 23.7. The molecule has 5 nitrogen and oxygen atoms in total. The molecule has 0 aliphatic carbocycles. The Morgan fingerprint density at radius 3 is 1.77 bits per heavy atom. The number of hydrogen-bond donors (Lipinski definition) is 1. The van der Waals surface area contributed by atoms with Gasteiger partial charge in [0.1, 0.15) is 0 Å². The molecule has 1 rings (SSSR count). The van der Waals surface area contributed by atoms with E-state index >= 15 is 0 Å². The van der Waals surface area contributed by atoms with E-state index < -0.39 is 37.2 Å². The van der Waals surface area contributed by atoms with Gasteiger partial charge in [0.2, 0.25) is 0 Å². The maximum absolute atomic E-state index is 12.1. The molecular weight excluding hydrogens is 439 g/mol. The van der Waals surface area contributed by atoms with Gasteiger partial charge in [-0.1, -0.05) is 0 Å². The molecule has 1 unspecified atom stereocenters. The Morgan fingerprint density at radius 1 is 0.808 bits per heavy atom. The summed E-state index contributed by atoms with van der Waals surface area (Å²) in [7, 11) is 0. The summed E-state index contributed by atoms with van der Waals surface area (Å²) in [6, 6.07) is 0. The summed E-state index contributed by atoms with van der Waals surface area (Å²) in [5.41, 5.74) is 0. The quantitative estimate of drug-likeness (QED) is 0.282. The minimum absolute atomic E-state index is 0.259. The summed E-state index contributed by atoms with van der Waals surface area (Å²) in [4.78, 5) is 24.1. The van der Waals surface area contributed by atoms with Crippen LogP contribution in [0, 0.1) is 0 Å². The van der Waals surface area contributed by atoms with Crippen molar-refractivity contribution < 1.29 is 20.8 Å². The monoisotopic (exact) mass is 478 g/mol. The molecule has 1 aliphatic rings. The van der Waals surface area contributed by atoms with Crippen LogP contribution in [0.2, 0.25) is 8.87 Å². The predicted molar refractivity (Wildman–Crippen MR) is 105 cm³/mol. The third kappa shape index (κ3) is 9.58. The average Bonchev–Trinajstić information content (AvgIpc) is 2.70. The Bertz CT molecular complexity index is 397. The SMILES string of the molecule is CCCCCCC[CH2][Sn]1([CH2]CCCCCCC)[O]C(=O)CC(O)C(=O)[O]1. The van der Waals surface area contributed by atoms with Crippen molar-refractivity contribution in [3.63, 3.8) is 0 Å². The summed E-state index contributed by atoms with van der Waals surface area (Å²) in [5, 5.41) is 9.76. The van der Waals surface area contributed by atoms with Crippen LogP contribution in [-0.2, 0) is 15.7 Å². The van der Waals surface area contributed by atoms with Crippen molar-refractivity contribution in [2.24, 2.45) is 0 Å². The Balaban J connectivity index is 2.55. The van der Waals surface area contributed by atoms with Crippen molar-refractivity contribution in [2.45, 2.75) is 112 Å². The van der Waals surface area contributed by atoms with Crippen LogP contribution in [0.1, 0.15) is 97.3 Å².